The molecule has 3 rings (SSSR count). The zero-order valence-corrected chi connectivity index (χ0v) is 13.4. The predicted octanol–water partition coefficient (Wildman–Crippen LogP) is 0.995. The zero-order chi connectivity index (χ0) is 16.1. The molecule has 1 aliphatic rings. The van der Waals surface area contributed by atoms with Gasteiger partial charge in [-0.1, -0.05) is 0 Å². The Morgan fingerprint density at radius 2 is 2.22 bits per heavy atom. The van der Waals surface area contributed by atoms with Gasteiger partial charge in [-0.25, -0.2) is 4.98 Å². The monoisotopic (exact) mass is 314 g/mol. The number of likely N-dealkylation sites (tertiary alicyclic amines) is 1. The van der Waals surface area contributed by atoms with Crippen molar-refractivity contribution in [3.8, 4) is 0 Å². The van der Waals surface area contributed by atoms with Gasteiger partial charge in [-0.3, -0.25) is 19.4 Å². The molecule has 0 aliphatic carbocycles. The first kappa shape index (κ1) is 15.6. The van der Waals surface area contributed by atoms with E-state index < -0.39 is 0 Å². The van der Waals surface area contributed by atoms with Crippen LogP contribution in [0.1, 0.15) is 35.3 Å². The lowest BCUT2D eigenvalue weighted by atomic mass is 10.1. The normalized spacial score (nSPS) is 19.3. The van der Waals surface area contributed by atoms with Crippen LogP contribution in [0.2, 0.25) is 0 Å². The lowest BCUT2D eigenvalue weighted by molar-refractivity contribution is 0.0927. The fourth-order valence-corrected chi connectivity index (χ4v) is 2.95. The van der Waals surface area contributed by atoms with E-state index in [1.54, 1.807) is 6.20 Å². The standard InChI is InChI=1S/C16H22N6O/c1-21-11-13(9-19-21)12-22-7-2-3-14(4-8-22)20-16(23)15-10-17-5-6-18-15/h5-6,9-11,14H,2-4,7-8,12H2,1H3,(H,20,23). The first-order chi connectivity index (χ1) is 11.2. The van der Waals surface area contributed by atoms with Crippen LogP contribution >= 0.6 is 0 Å². The number of carbonyl (C=O) groups excluding carboxylic acids is 1. The van der Waals surface area contributed by atoms with E-state index in [9.17, 15) is 4.79 Å². The molecular weight excluding hydrogens is 292 g/mol. The fraction of sp³-hybridized carbons (Fsp3) is 0.500. The number of rotatable bonds is 4. The minimum absolute atomic E-state index is 0.135. The molecule has 1 amide bonds. The first-order valence-corrected chi connectivity index (χ1v) is 7.97. The second-order valence-corrected chi connectivity index (χ2v) is 5.99. The van der Waals surface area contributed by atoms with Crippen molar-refractivity contribution >= 4 is 5.91 Å². The van der Waals surface area contributed by atoms with E-state index in [-0.39, 0.29) is 11.9 Å². The van der Waals surface area contributed by atoms with E-state index in [1.165, 1.54) is 18.0 Å². The molecule has 7 nitrogen and oxygen atoms in total. The van der Waals surface area contributed by atoms with E-state index in [1.807, 2.05) is 17.9 Å². The number of aryl methyl sites for hydroxylation is 1. The molecule has 2 aromatic heterocycles. The summed E-state index contributed by atoms with van der Waals surface area (Å²) in [6, 6.07) is 0.198. The number of hydrogen-bond donors (Lipinski definition) is 1. The summed E-state index contributed by atoms with van der Waals surface area (Å²) in [5.41, 5.74) is 1.61. The van der Waals surface area contributed by atoms with Crippen LogP contribution < -0.4 is 5.32 Å². The van der Waals surface area contributed by atoms with E-state index in [0.29, 0.717) is 5.69 Å². The molecular formula is C16H22N6O. The van der Waals surface area contributed by atoms with Crippen LogP contribution in [0.5, 0.6) is 0 Å². The Hall–Kier alpha value is -2.28. The van der Waals surface area contributed by atoms with Gasteiger partial charge in [-0.15, -0.1) is 0 Å². The number of nitrogens with one attached hydrogen (secondary N) is 1. The molecule has 1 saturated heterocycles. The number of amides is 1. The lowest BCUT2D eigenvalue weighted by Crippen LogP contribution is -2.36. The maximum absolute atomic E-state index is 12.2. The predicted molar refractivity (Wildman–Crippen MR) is 85.6 cm³/mol. The smallest absolute Gasteiger partial charge is 0.271 e. The van der Waals surface area contributed by atoms with Crippen LogP contribution in [0.15, 0.2) is 31.0 Å². The minimum Gasteiger partial charge on any atom is -0.348 e. The third kappa shape index (κ3) is 4.35. The number of aromatic nitrogens is 4. The molecule has 3 heterocycles. The van der Waals surface area contributed by atoms with Crippen LogP contribution in [0.4, 0.5) is 0 Å². The van der Waals surface area contributed by atoms with Crippen LogP contribution in [0.3, 0.4) is 0 Å². The fourth-order valence-electron chi connectivity index (χ4n) is 2.95. The van der Waals surface area contributed by atoms with Gasteiger partial charge in [0.05, 0.1) is 12.4 Å². The van der Waals surface area contributed by atoms with Crippen molar-refractivity contribution in [3.63, 3.8) is 0 Å². The molecule has 0 bridgehead atoms. The van der Waals surface area contributed by atoms with Crippen LogP contribution in [-0.2, 0) is 13.6 Å². The van der Waals surface area contributed by atoms with Crippen molar-refractivity contribution in [2.45, 2.75) is 31.8 Å². The number of carbonyl (C=O) groups is 1. The third-order valence-corrected chi connectivity index (χ3v) is 4.12. The molecule has 7 heteroatoms. The van der Waals surface area contributed by atoms with E-state index >= 15 is 0 Å². The highest BCUT2D eigenvalue weighted by Gasteiger charge is 2.20. The van der Waals surface area contributed by atoms with Crippen molar-refractivity contribution < 1.29 is 4.79 Å². The number of nitrogens with zero attached hydrogens (tertiary/aromatic N) is 5. The topological polar surface area (TPSA) is 75.9 Å². The molecule has 0 radical (unpaired) electrons. The highest BCUT2D eigenvalue weighted by atomic mass is 16.1. The molecule has 2 aromatic rings. The summed E-state index contributed by atoms with van der Waals surface area (Å²) in [5, 5.41) is 7.29. The molecule has 23 heavy (non-hydrogen) atoms. The summed E-state index contributed by atoms with van der Waals surface area (Å²) < 4.78 is 1.83. The molecule has 122 valence electrons. The lowest BCUT2D eigenvalue weighted by Gasteiger charge is -2.19. The van der Waals surface area contributed by atoms with Crippen molar-refractivity contribution in [3.05, 3.63) is 42.2 Å². The van der Waals surface area contributed by atoms with Crippen molar-refractivity contribution in [2.75, 3.05) is 13.1 Å². The largest absolute Gasteiger partial charge is 0.348 e. The SMILES string of the molecule is Cn1cc(CN2CCCC(NC(=O)c3cnccn3)CC2)cn1. The molecule has 0 saturated carbocycles. The molecule has 0 spiro atoms. The van der Waals surface area contributed by atoms with Crippen LogP contribution in [0.25, 0.3) is 0 Å². The van der Waals surface area contributed by atoms with Gasteiger partial charge in [0, 0.05) is 50.3 Å². The van der Waals surface area contributed by atoms with Gasteiger partial charge < -0.3 is 5.32 Å². The highest BCUT2D eigenvalue weighted by molar-refractivity contribution is 5.92. The van der Waals surface area contributed by atoms with Gasteiger partial charge in [0.15, 0.2) is 0 Å². The quantitative estimate of drug-likeness (QED) is 0.911. The van der Waals surface area contributed by atoms with Gasteiger partial charge in [0.1, 0.15) is 5.69 Å². The molecule has 1 atom stereocenters. The Morgan fingerprint density at radius 1 is 1.30 bits per heavy atom. The van der Waals surface area contributed by atoms with Crippen LogP contribution in [0, 0.1) is 0 Å². The number of hydrogen-bond acceptors (Lipinski definition) is 5. The second-order valence-electron chi connectivity index (χ2n) is 5.99. The van der Waals surface area contributed by atoms with Crippen molar-refractivity contribution in [1.82, 2.24) is 30.0 Å². The molecule has 1 unspecified atom stereocenters. The Bertz CT molecular complexity index is 641. The van der Waals surface area contributed by atoms with E-state index in [2.05, 4.69) is 31.5 Å². The molecule has 1 N–H and O–H groups in total. The first-order valence-electron chi connectivity index (χ1n) is 7.97. The highest BCUT2D eigenvalue weighted by Crippen LogP contribution is 2.14. The van der Waals surface area contributed by atoms with Gasteiger partial charge in [0.25, 0.3) is 5.91 Å². The van der Waals surface area contributed by atoms with Crippen LogP contribution in [-0.4, -0.2) is 49.7 Å². The Labute approximate surface area is 135 Å². The summed E-state index contributed by atoms with van der Waals surface area (Å²) in [7, 11) is 1.93. The average molecular weight is 314 g/mol. The molecule has 0 aromatic carbocycles. The Morgan fingerprint density at radius 3 is 2.96 bits per heavy atom. The summed E-state index contributed by atoms with van der Waals surface area (Å²) in [6.07, 6.45) is 11.6. The molecule has 1 aliphatic heterocycles. The van der Waals surface area contributed by atoms with Gasteiger partial charge >= 0.3 is 0 Å². The minimum atomic E-state index is -0.135. The summed E-state index contributed by atoms with van der Waals surface area (Å²) in [5.74, 6) is -0.135. The summed E-state index contributed by atoms with van der Waals surface area (Å²) >= 11 is 0. The van der Waals surface area contributed by atoms with Gasteiger partial charge in [-0.05, 0) is 25.8 Å². The van der Waals surface area contributed by atoms with Gasteiger partial charge in [-0.2, -0.15) is 5.10 Å². The average Bonchev–Trinajstić information content (AvgIpc) is 2.84. The van der Waals surface area contributed by atoms with Crippen molar-refractivity contribution in [2.24, 2.45) is 7.05 Å². The van der Waals surface area contributed by atoms with Crippen molar-refractivity contribution in [1.29, 1.82) is 0 Å². The maximum atomic E-state index is 12.2. The molecule has 1 fully saturated rings. The summed E-state index contributed by atoms with van der Waals surface area (Å²) in [4.78, 5) is 22.6. The van der Waals surface area contributed by atoms with Gasteiger partial charge in [0.2, 0.25) is 0 Å². The third-order valence-electron chi connectivity index (χ3n) is 4.12. The zero-order valence-electron chi connectivity index (χ0n) is 13.4. The Kier molecular flexibility index (Phi) is 4.97. The Balaban J connectivity index is 1.51. The van der Waals surface area contributed by atoms with E-state index in [0.717, 1.165) is 38.9 Å². The maximum Gasteiger partial charge on any atom is 0.271 e. The second kappa shape index (κ2) is 7.32. The summed E-state index contributed by atoms with van der Waals surface area (Å²) in [6.45, 7) is 2.94. The van der Waals surface area contributed by atoms with E-state index in [4.69, 9.17) is 0 Å².